The Morgan fingerprint density at radius 2 is 1.94 bits per heavy atom. The third-order valence-corrected chi connectivity index (χ3v) is 4.62. The van der Waals surface area contributed by atoms with Gasteiger partial charge in [0.1, 0.15) is 0 Å². The number of nitrogens with one attached hydrogen (secondary N) is 1. The predicted octanol–water partition coefficient (Wildman–Crippen LogP) is 2.89. The summed E-state index contributed by atoms with van der Waals surface area (Å²) in [6, 6.07) is 1.72. The van der Waals surface area contributed by atoms with Crippen LogP contribution in [0.1, 0.15) is 52.9 Å². The topological polar surface area (TPSA) is 15.3 Å². The van der Waals surface area contributed by atoms with Crippen molar-refractivity contribution in [2.45, 2.75) is 65.0 Å². The van der Waals surface area contributed by atoms with Crippen LogP contribution in [0.25, 0.3) is 0 Å². The highest BCUT2D eigenvalue weighted by atomic mass is 15.2. The number of rotatable bonds is 5. The summed E-state index contributed by atoms with van der Waals surface area (Å²) in [5, 5.41) is 3.42. The second-order valence-electron chi connectivity index (χ2n) is 6.46. The fourth-order valence-electron chi connectivity index (χ4n) is 3.77. The van der Waals surface area contributed by atoms with Crippen molar-refractivity contribution in [2.75, 3.05) is 19.6 Å². The molecule has 0 spiro atoms. The van der Waals surface area contributed by atoms with E-state index in [9.17, 15) is 0 Å². The molecule has 2 aliphatic rings. The van der Waals surface area contributed by atoms with Gasteiger partial charge in [0, 0.05) is 25.2 Å². The molecule has 2 atom stereocenters. The molecule has 0 aromatic rings. The molecular formula is C15H30N2. The minimum atomic E-state index is 0.836. The number of hydrogen-bond acceptors (Lipinski definition) is 2. The van der Waals surface area contributed by atoms with Gasteiger partial charge in [-0.15, -0.1) is 0 Å². The normalized spacial score (nSPS) is 30.9. The first-order chi connectivity index (χ1) is 8.20. The molecule has 2 fully saturated rings. The molecule has 17 heavy (non-hydrogen) atoms. The molecule has 1 N–H and O–H groups in total. The lowest BCUT2D eigenvalue weighted by atomic mass is 9.80. The monoisotopic (exact) mass is 238 g/mol. The summed E-state index contributed by atoms with van der Waals surface area (Å²) < 4.78 is 0. The van der Waals surface area contributed by atoms with Crippen LogP contribution in [0, 0.1) is 11.8 Å². The van der Waals surface area contributed by atoms with Crippen molar-refractivity contribution >= 4 is 0 Å². The molecular weight excluding hydrogens is 208 g/mol. The largest absolute Gasteiger partial charge is 0.314 e. The van der Waals surface area contributed by atoms with Crippen LogP contribution in [0.2, 0.25) is 0 Å². The Bertz CT molecular complexity index is 223. The predicted molar refractivity (Wildman–Crippen MR) is 74.2 cm³/mol. The van der Waals surface area contributed by atoms with Crippen molar-refractivity contribution in [3.63, 3.8) is 0 Å². The summed E-state index contributed by atoms with van der Waals surface area (Å²) in [6.07, 6.45) is 7.28. The molecule has 2 unspecified atom stereocenters. The zero-order chi connectivity index (χ0) is 12.3. The summed E-state index contributed by atoms with van der Waals surface area (Å²) >= 11 is 0. The smallest absolute Gasteiger partial charge is 0.0348 e. The summed E-state index contributed by atoms with van der Waals surface area (Å²) in [4.78, 5) is 2.78. The summed E-state index contributed by atoms with van der Waals surface area (Å²) in [7, 11) is 0. The van der Waals surface area contributed by atoms with Gasteiger partial charge < -0.3 is 5.32 Å². The Morgan fingerprint density at radius 1 is 1.18 bits per heavy atom. The molecule has 1 aliphatic carbocycles. The van der Waals surface area contributed by atoms with Gasteiger partial charge in [0.05, 0.1) is 0 Å². The number of likely N-dealkylation sites (N-methyl/N-ethyl adjacent to an activating group) is 1. The third-order valence-electron chi connectivity index (χ3n) is 4.62. The van der Waals surface area contributed by atoms with E-state index in [2.05, 4.69) is 31.0 Å². The molecule has 1 saturated heterocycles. The highest BCUT2D eigenvalue weighted by Crippen LogP contribution is 2.32. The van der Waals surface area contributed by atoms with Gasteiger partial charge in [-0.3, -0.25) is 4.90 Å². The summed E-state index contributed by atoms with van der Waals surface area (Å²) in [5.74, 6) is 1.87. The SMILES string of the molecule is CCN(C1CNC1)C1CCCC(CC(C)C)C1. The standard InChI is InChI=1S/C15H30N2/c1-4-17(15-10-16-11-15)14-7-5-6-13(9-14)8-12(2)3/h12-16H,4-11H2,1-3H3. The van der Waals surface area contributed by atoms with E-state index in [1.165, 1.54) is 51.7 Å². The van der Waals surface area contributed by atoms with Crippen LogP contribution in [0.15, 0.2) is 0 Å². The Morgan fingerprint density at radius 3 is 2.47 bits per heavy atom. The lowest BCUT2D eigenvalue weighted by Crippen LogP contribution is -2.60. The van der Waals surface area contributed by atoms with Gasteiger partial charge in [-0.25, -0.2) is 0 Å². The zero-order valence-corrected chi connectivity index (χ0v) is 11.9. The zero-order valence-electron chi connectivity index (χ0n) is 11.9. The fourth-order valence-corrected chi connectivity index (χ4v) is 3.77. The molecule has 0 radical (unpaired) electrons. The van der Waals surface area contributed by atoms with Gasteiger partial charge in [0.15, 0.2) is 0 Å². The molecule has 100 valence electrons. The highest BCUT2D eigenvalue weighted by Gasteiger charge is 2.32. The van der Waals surface area contributed by atoms with Gasteiger partial charge in [0.2, 0.25) is 0 Å². The quantitative estimate of drug-likeness (QED) is 0.792. The van der Waals surface area contributed by atoms with E-state index in [0.29, 0.717) is 0 Å². The molecule has 0 aromatic heterocycles. The molecule has 2 nitrogen and oxygen atoms in total. The van der Waals surface area contributed by atoms with Crippen LogP contribution in [0.3, 0.4) is 0 Å². The Hall–Kier alpha value is -0.0800. The second kappa shape index (κ2) is 6.19. The van der Waals surface area contributed by atoms with Gasteiger partial charge >= 0.3 is 0 Å². The van der Waals surface area contributed by atoms with Crippen molar-refractivity contribution in [3.05, 3.63) is 0 Å². The Labute approximate surface area is 107 Å². The van der Waals surface area contributed by atoms with Crippen molar-refractivity contribution in [1.29, 1.82) is 0 Å². The second-order valence-corrected chi connectivity index (χ2v) is 6.46. The van der Waals surface area contributed by atoms with Gasteiger partial charge in [-0.05, 0) is 37.6 Å². The van der Waals surface area contributed by atoms with Crippen LogP contribution in [-0.4, -0.2) is 36.6 Å². The first-order valence-electron chi connectivity index (χ1n) is 7.67. The number of nitrogens with zero attached hydrogens (tertiary/aromatic N) is 1. The molecule has 0 bridgehead atoms. The maximum Gasteiger partial charge on any atom is 0.0348 e. The van der Waals surface area contributed by atoms with Crippen LogP contribution in [0.5, 0.6) is 0 Å². The van der Waals surface area contributed by atoms with Crippen molar-refractivity contribution < 1.29 is 0 Å². The third kappa shape index (κ3) is 3.45. The minimum Gasteiger partial charge on any atom is -0.314 e. The Balaban J connectivity index is 1.86. The van der Waals surface area contributed by atoms with E-state index in [1.807, 2.05) is 0 Å². The van der Waals surface area contributed by atoms with E-state index in [4.69, 9.17) is 0 Å². The van der Waals surface area contributed by atoms with E-state index in [0.717, 1.165) is 23.9 Å². The number of hydrogen-bond donors (Lipinski definition) is 1. The average molecular weight is 238 g/mol. The van der Waals surface area contributed by atoms with Crippen LogP contribution in [-0.2, 0) is 0 Å². The van der Waals surface area contributed by atoms with Crippen molar-refractivity contribution in [1.82, 2.24) is 10.2 Å². The van der Waals surface area contributed by atoms with Crippen LogP contribution in [0.4, 0.5) is 0 Å². The minimum absolute atomic E-state index is 0.836. The summed E-state index contributed by atoms with van der Waals surface area (Å²) in [5.41, 5.74) is 0. The maximum atomic E-state index is 3.42. The van der Waals surface area contributed by atoms with Crippen molar-refractivity contribution in [3.8, 4) is 0 Å². The summed E-state index contributed by atoms with van der Waals surface area (Å²) in [6.45, 7) is 10.8. The molecule has 0 amide bonds. The maximum absolute atomic E-state index is 3.42. The first-order valence-corrected chi connectivity index (χ1v) is 7.67. The molecule has 2 rings (SSSR count). The molecule has 1 heterocycles. The highest BCUT2D eigenvalue weighted by molar-refractivity contribution is 4.90. The van der Waals surface area contributed by atoms with Gasteiger partial charge in [0.25, 0.3) is 0 Å². The van der Waals surface area contributed by atoms with Crippen molar-refractivity contribution in [2.24, 2.45) is 11.8 Å². The lowest BCUT2D eigenvalue weighted by Gasteiger charge is -2.45. The Kier molecular flexibility index (Phi) is 4.87. The van der Waals surface area contributed by atoms with Gasteiger partial charge in [-0.2, -0.15) is 0 Å². The van der Waals surface area contributed by atoms with Gasteiger partial charge in [-0.1, -0.05) is 33.6 Å². The van der Waals surface area contributed by atoms with E-state index in [-0.39, 0.29) is 0 Å². The van der Waals surface area contributed by atoms with Crippen LogP contribution >= 0.6 is 0 Å². The van der Waals surface area contributed by atoms with E-state index in [1.54, 1.807) is 0 Å². The molecule has 2 heteroatoms. The lowest BCUT2D eigenvalue weighted by molar-refractivity contribution is 0.0610. The average Bonchev–Trinajstić information content (AvgIpc) is 2.22. The molecule has 1 aliphatic heterocycles. The molecule has 1 saturated carbocycles. The fraction of sp³-hybridized carbons (Fsp3) is 1.00. The van der Waals surface area contributed by atoms with Crippen LogP contribution < -0.4 is 5.32 Å². The van der Waals surface area contributed by atoms with E-state index >= 15 is 0 Å². The molecule has 0 aromatic carbocycles. The first kappa shape index (κ1) is 13.4. The van der Waals surface area contributed by atoms with E-state index < -0.39 is 0 Å².